The average molecular weight is 242 g/mol. The predicted octanol–water partition coefficient (Wildman–Crippen LogP) is 2.54. The zero-order valence-electron chi connectivity index (χ0n) is 9.19. The summed E-state index contributed by atoms with van der Waals surface area (Å²) in [7, 11) is 0. The van der Waals surface area contributed by atoms with Gasteiger partial charge in [-0.15, -0.1) is 0 Å². The Kier molecular flexibility index (Phi) is 5.93. The van der Waals surface area contributed by atoms with E-state index in [1.54, 1.807) is 13.8 Å². The number of rotatable bonds is 4. The number of alkyl halides is 3. The molecule has 0 radical (unpaired) electrons. The van der Waals surface area contributed by atoms with Gasteiger partial charge in [-0.1, -0.05) is 6.92 Å². The molecule has 0 amide bonds. The normalized spacial score (nSPS) is 11.7. The first-order valence-corrected chi connectivity index (χ1v) is 5.30. The van der Waals surface area contributed by atoms with Gasteiger partial charge in [0.15, 0.2) is 5.11 Å². The second-order valence-corrected chi connectivity index (χ2v) is 3.96. The lowest BCUT2D eigenvalue weighted by Crippen LogP contribution is -2.48. The molecule has 0 fully saturated rings. The molecule has 0 heterocycles. The average Bonchev–Trinajstić information content (AvgIpc) is 2.08. The highest BCUT2D eigenvalue weighted by Crippen LogP contribution is 2.18. The number of thiocarbonyl (C=S) groups is 1. The summed E-state index contributed by atoms with van der Waals surface area (Å²) in [6, 6.07) is -0.261. The Morgan fingerprint density at radius 1 is 1.40 bits per heavy atom. The molecule has 0 unspecified atom stereocenters. The Labute approximate surface area is 93.8 Å². The molecule has 0 saturated heterocycles. The van der Waals surface area contributed by atoms with Crippen molar-refractivity contribution in [3.8, 4) is 0 Å². The standard InChI is InChI=1S/C9H17F3N2S/c1-4-5-13-8(15)14(7(2)3)6-9(10,11)12/h7H,4-6H2,1-3H3,(H,13,15). The van der Waals surface area contributed by atoms with Crippen LogP contribution in [-0.4, -0.2) is 35.3 Å². The number of nitrogens with zero attached hydrogens (tertiary/aromatic N) is 1. The van der Waals surface area contributed by atoms with E-state index in [0.29, 0.717) is 6.54 Å². The van der Waals surface area contributed by atoms with Gasteiger partial charge in [0.1, 0.15) is 6.54 Å². The van der Waals surface area contributed by atoms with E-state index in [9.17, 15) is 13.2 Å². The molecule has 0 saturated carbocycles. The van der Waals surface area contributed by atoms with E-state index >= 15 is 0 Å². The van der Waals surface area contributed by atoms with Crippen molar-refractivity contribution in [2.45, 2.75) is 39.4 Å². The first-order chi connectivity index (χ1) is 6.78. The fourth-order valence-corrected chi connectivity index (χ4v) is 1.39. The summed E-state index contributed by atoms with van der Waals surface area (Å²) in [5, 5.41) is 2.96. The molecule has 0 bridgehead atoms. The van der Waals surface area contributed by atoms with Crippen LogP contribution in [0, 0.1) is 0 Å². The second-order valence-electron chi connectivity index (χ2n) is 3.57. The number of hydrogen-bond donors (Lipinski definition) is 1. The lowest BCUT2D eigenvalue weighted by molar-refractivity contribution is -0.140. The molecule has 15 heavy (non-hydrogen) atoms. The van der Waals surface area contributed by atoms with Crippen LogP contribution in [-0.2, 0) is 0 Å². The van der Waals surface area contributed by atoms with Crippen LogP contribution in [0.25, 0.3) is 0 Å². The maximum Gasteiger partial charge on any atom is 0.406 e. The van der Waals surface area contributed by atoms with Crippen molar-refractivity contribution in [2.75, 3.05) is 13.1 Å². The summed E-state index contributed by atoms with van der Waals surface area (Å²) in [4.78, 5) is 1.14. The van der Waals surface area contributed by atoms with E-state index in [-0.39, 0.29) is 11.2 Å². The number of nitrogens with one attached hydrogen (secondary N) is 1. The van der Waals surface area contributed by atoms with Crippen LogP contribution in [0.3, 0.4) is 0 Å². The van der Waals surface area contributed by atoms with Gasteiger partial charge in [-0.3, -0.25) is 0 Å². The third-order valence-corrected chi connectivity index (χ3v) is 2.14. The summed E-state index contributed by atoms with van der Waals surface area (Å²) in [6.45, 7) is 4.90. The summed E-state index contributed by atoms with van der Waals surface area (Å²) >= 11 is 4.90. The van der Waals surface area contributed by atoms with Gasteiger partial charge < -0.3 is 10.2 Å². The maximum atomic E-state index is 12.2. The van der Waals surface area contributed by atoms with E-state index in [2.05, 4.69) is 5.32 Å². The number of halogens is 3. The van der Waals surface area contributed by atoms with Crippen molar-refractivity contribution in [3.63, 3.8) is 0 Å². The molecule has 0 rings (SSSR count). The fourth-order valence-electron chi connectivity index (χ4n) is 1.02. The molecule has 0 aliphatic carbocycles. The van der Waals surface area contributed by atoms with Crippen LogP contribution in [0.5, 0.6) is 0 Å². The minimum atomic E-state index is -4.22. The maximum absolute atomic E-state index is 12.2. The molecular weight excluding hydrogens is 225 g/mol. The summed E-state index contributed by atoms with van der Waals surface area (Å²) in [5.74, 6) is 0. The van der Waals surface area contributed by atoms with Crippen LogP contribution < -0.4 is 5.32 Å². The molecule has 0 aliphatic rings. The topological polar surface area (TPSA) is 15.3 Å². The van der Waals surface area contributed by atoms with Gasteiger partial charge in [0.2, 0.25) is 0 Å². The van der Waals surface area contributed by atoms with Crippen molar-refractivity contribution in [1.82, 2.24) is 10.2 Å². The van der Waals surface area contributed by atoms with Gasteiger partial charge in [0, 0.05) is 12.6 Å². The van der Waals surface area contributed by atoms with Gasteiger partial charge in [-0.05, 0) is 32.5 Å². The highest BCUT2D eigenvalue weighted by molar-refractivity contribution is 7.80. The molecular formula is C9H17F3N2S. The van der Waals surface area contributed by atoms with Crippen LogP contribution in [0.2, 0.25) is 0 Å². The lowest BCUT2D eigenvalue weighted by Gasteiger charge is -2.30. The highest BCUT2D eigenvalue weighted by atomic mass is 32.1. The first-order valence-electron chi connectivity index (χ1n) is 4.89. The minimum absolute atomic E-state index is 0.171. The monoisotopic (exact) mass is 242 g/mol. The van der Waals surface area contributed by atoms with Crippen LogP contribution >= 0.6 is 12.2 Å². The summed E-state index contributed by atoms with van der Waals surface area (Å²) in [5.41, 5.74) is 0. The Morgan fingerprint density at radius 2 is 1.93 bits per heavy atom. The second kappa shape index (κ2) is 6.15. The molecule has 1 N–H and O–H groups in total. The molecule has 90 valence electrons. The number of hydrogen-bond acceptors (Lipinski definition) is 1. The van der Waals surface area contributed by atoms with Crippen molar-refractivity contribution in [2.24, 2.45) is 0 Å². The molecule has 0 aromatic heterocycles. The molecule has 0 aromatic rings. The quantitative estimate of drug-likeness (QED) is 0.763. The Balaban J connectivity index is 4.33. The smallest absolute Gasteiger partial charge is 0.363 e. The zero-order chi connectivity index (χ0) is 12.1. The molecule has 0 aromatic carbocycles. The Morgan fingerprint density at radius 3 is 2.27 bits per heavy atom. The molecule has 0 spiro atoms. The molecule has 2 nitrogen and oxygen atoms in total. The van der Waals surface area contributed by atoms with Crippen molar-refractivity contribution < 1.29 is 13.2 Å². The van der Waals surface area contributed by atoms with E-state index < -0.39 is 12.7 Å². The third kappa shape index (κ3) is 6.54. The van der Waals surface area contributed by atoms with Crippen molar-refractivity contribution in [3.05, 3.63) is 0 Å². The molecule has 6 heteroatoms. The van der Waals surface area contributed by atoms with Gasteiger partial charge in [0.05, 0.1) is 0 Å². The van der Waals surface area contributed by atoms with E-state index in [1.807, 2.05) is 6.92 Å². The third-order valence-electron chi connectivity index (χ3n) is 1.76. The van der Waals surface area contributed by atoms with E-state index in [1.165, 1.54) is 0 Å². The van der Waals surface area contributed by atoms with Crippen molar-refractivity contribution in [1.29, 1.82) is 0 Å². The largest absolute Gasteiger partial charge is 0.406 e. The Bertz CT molecular complexity index is 204. The highest BCUT2D eigenvalue weighted by Gasteiger charge is 2.32. The molecule has 0 aliphatic heterocycles. The van der Waals surface area contributed by atoms with Gasteiger partial charge in [-0.2, -0.15) is 13.2 Å². The van der Waals surface area contributed by atoms with Gasteiger partial charge >= 0.3 is 6.18 Å². The Hall–Kier alpha value is -0.520. The minimum Gasteiger partial charge on any atom is -0.363 e. The van der Waals surface area contributed by atoms with E-state index in [0.717, 1.165) is 11.3 Å². The van der Waals surface area contributed by atoms with Crippen LogP contribution in [0.1, 0.15) is 27.2 Å². The van der Waals surface area contributed by atoms with Crippen LogP contribution in [0.15, 0.2) is 0 Å². The first kappa shape index (κ1) is 14.5. The van der Waals surface area contributed by atoms with Crippen molar-refractivity contribution >= 4 is 17.3 Å². The predicted molar refractivity (Wildman–Crippen MR) is 58.8 cm³/mol. The lowest BCUT2D eigenvalue weighted by atomic mass is 10.3. The summed E-state index contributed by atoms with van der Waals surface area (Å²) in [6.07, 6.45) is -3.39. The van der Waals surface area contributed by atoms with Crippen LogP contribution in [0.4, 0.5) is 13.2 Å². The van der Waals surface area contributed by atoms with Gasteiger partial charge in [0.25, 0.3) is 0 Å². The van der Waals surface area contributed by atoms with E-state index in [4.69, 9.17) is 12.2 Å². The van der Waals surface area contributed by atoms with Gasteiger partial charge in [-0.25, -0.2) is 0 Å². The fraction of sp³-hybridized carbons (Fsp3) is 0.889. The zero-order valence-corrected chi connectivity index (χ0v) is 10.0. The SMILES string of the molecule is CCCNC(=S)N(CC(F)(F)F)C(C)C. The molecule has 0 atom stereocenters. The summed E-state index contributed by atoms with van der Waals surface area (Å²) < 4.78 is 36.7.